The Balaban J connectivity index is 1.22. The van der Waals surface area contributed by atoms with E-state index in [0.29, 0.717) is 5.92 Å². The van der Waals surface area contributed by atoms with Crippen LogP contribution in [0.5, 0.6) is 0 Å². The van der Waals surface area contributed by atoms with Crippen molar-refractivity contribution in [1.82, 2.24) is 0 Å². The Bertz CT molecular complexity index is 709. The second-order valence-corrected chi connectivity index (χ2v) is 11.8. The molecular formula is C33H50. The van der Waals surface area contributed by atoms with Crippen molar-refractivity contribution >= 4 is 0 Å². The zero-order valence-electron chi connectivity index (χ0n) is 21.5. The van der Waals surface area contributed by atoms with Crippen molar-refractivity contribution in [2.24, 2.45) is 23.7 Å². The van der Waals surface area contributed by atoms with Gasteiger partial charge in [0.05, 0.1) is 0 Å². The van der Waals surface area contributed by atoms with Gasteiger partial charge in [-0.25, -0.2) is 0 Å². The molecule has 33 heavy (non-hydrogen) atoms. The van der Waals surface area contributed by atoms with Crippen LogP contribution in [0.2, 0.25) is 0 Å². The van der Waals surface area contributed by atoms with E-state index in [-0.39, 0.29) is 0 Å². The number of hydrogen-bond acceptors (Lipinski definition) is 0. The lowest BCUT2D eigenvalue weighted by molar-refractivity contribution is 0.210. The van der Waals surface area contributed by atoms with Crippen molar-refractivity contribution in [3.63, 3.8) is 0 Å². The van der Waals surface area contributed by atoms with E-state index in [0.717, 1.165) is 29.6 Å². The minimum Gasteiger partial charge on any atom is -0.103 e. The van der Waals surface area contributed by atoms with Gasteiger partial charge in [0.15, 0.2) is 0 Å². The molecule has 0 N–H and O–H groups in total. The summed E-state index contributed by atoms with van der Waals surface area (Å²) >= 11 is 0. The highest BCUT2D eigenvalue weighted by Crippen LogP contribution is 2.42. The van der Waals surface area contributed by atoms with Gasteiger partial charge in [0.25, 0.3) is 0 Å². The monoisotopic (exact) mass is 446 g/mol. The van der Waals surface area contributed by atoms with Crippen LogP contribution in [0, 0.1) is 23.7 Å². The lowest BCUT2D eigenvalue weighted by atomic mass is 9.70. The van der Waals surface area contributed by atoms with Crippen LogP contribution < -0.4 is 0 Å². The Morgan fingerprint density at radius 3 is 2.03 bits per heavy atom. The molecule has 0 aromatic heterocycles. The molecule has 1 aromatic carbocycles. The van der Waals surface area contributed by atoms with Gasteiger partial charge in [-0.05, 0) is 105 Å². The van der Waals surface area contributed by atoms with Gasteiger partial charge in [-0.2, -0.15) is 0 Å². The first-order chi connectivity index (χ1) is 16.3. The minimum absolute atomic E-state index is 0.647. The van der Waals surface area contributed by atoms with Gasteiger partial charge in [-0.1, -0.05) is 87.9 Å². The van der Waals surface area contributed by atoms with Gasteiger partial charge in [-0.3, -0.25) is 0 Å². The Kier molecular flexibility index (Phi) is 9.75. The number of unbranched alkanes of at least 4 members (excludes halogenated alkanes) is 2. The Labute approximate surface area is 205 Å². The van der Waals surface area contributed by atoms with E-state index in [1.807, 2.05) is 0 Å². The quantitative estimate of drug-likeness (QED) is 0.248. The van der Waals surface area contributed by atoms with E-state index in [4.69, 9.17) is 0 Å². The van der Waals surface area contributed by atoms with Gasteiger partial charge < -0.3 is 0 Å². The maximum atomic E-state index is 3.90. The molecule has 2 unspecified atom stereocenters. The Morgan fingerprint density at radius 2 is 1.39 bits per heavy atom. The maximum Gasteiger partial charge on any atom is 0.00182 e. The van der Waals surface area contributed by atoms with Gasteiger partial charge in [-0.15, -0.1) is 6.58 Å². The molecule has 2 fully saturated rings. The summed E-state index contributed by atoms with van der Waals surface area (Å²) in [7, 11) is 0. The molecule has 3 aliphatic carbocycles. The second-order valence-electron chi connectivity index (χ2n) is 11.8. The van der Waals surface area contributed by atoms with Crippen LogP contribution in [0.25, 0.3) is 0 Å². The zero-order chi connectivity index (χ0) is 22.9. The highest BCUT2D eigenvalue weighted by atomic mass is 14.3. The predicted molar refractivity (Wildman–Crippen MR) is 145 cm³/mol. The minimum atomic E-state index is 0.647. The van der Waals surface area contributed by atoms with Gasteiger partial charge in [0, 0.05) is 5.92 Å². The molecule has 2 atom stereocenters. The maximum absolute atomic E-state index is 3.90. The van der Waals surface area contributed by atoms with Gasteiger partial charge in [0.2, 0.25) is 0 Å². The molecule has 4 rings (SSSR count). The summed E-state index contributed by atoms with van der Waals surface area (Å²) < 4.78 is 0. The van der Waals surface area contributed by atoms with Crippen molar-refractivity contribution in [2.45, 2.75) is 121 Å². The molecule has 1 aromatic rings. The van der Waals surface area contributed by atoms with Crippen LogP contribution in [0.4, 0.5) is 0 Å². The average Bonchev–Trinajstić information content (AvgIpc) is 2.89. The topological polar surface area (TPSA) is 0 Å². The third-order valence-corrected chi connectivity index (χ3v) is 9.58. The normalized spacial score (nSPS) is 32.5. The van der Waals surface area contributed by atoms with E-state index in [1.54, 1.807) is 11.1 Å². The number of hydrogen-bond donors (Lipinski definition) is 0. The molecular weight excluding hydrogens is 396 g/mol. The third-order valence-electron chi connectivity index (χ3n) is 9.58. The van der Waals surface area contributed by atoms with Crippen molar-refractivity contribution < 1.29 is 0 Å². The van der Waals surface area contributed by atoms with Crippen molar-refractivity contribution in [2.75, 3.05) is 0 Å². The average molecular weight is 447 g/mol. The molecule has 0 spiro atoms. The first kappa shape index (κ1) is 24.8. The Morgan fingerprint density at radius 1 is 0.727 bits per heavy atom. The van der Waals surface area contributed by atoms with E-state index in [1.165, 1.54) is 103 Å². The molecule has 0 amide bonds. The summed E-state index contributed by atoms with van der Waals surface area (Å²) in [5.74, 6) is 5.22. The second kappa shape index (κ2) is 13.0. The molecule has 3 aliphatic rings. The molecule has 0 aliphatic heterocycles. The first-order valence-corrected chi connectivity index (χ1v) is 14.7. The first-order valence-electron chi connectivity index (χ1n) is 14.7. The van der Waals surface area contributed by atoms with Crippen molar-refractivity contribution in [1.29, 1.82) is 0 Å². The zero-order valence-corrected chi connectivity index (χ0v) is 21.5. The Hall–Kier alpha value is -1.30. The standard InChI is InChI=1S/C33H50/c1-3-5-7-9-27-12-16-29(17-13-27)31-20-24-33(25-21-31)32-22-18-30(19-23-32)28-14-10-26(11-15-28)8-6-4-2/h4,18,20-22,24-30,32H,2-3,5-17,19,23H2,1H3. The van der Waals surface area contributed by atoms with E-state index >= 15 is 0 Å². The van der Waals surface area contributed by atoms with Crippen LogP contribution in [-0.2, 0) is 0 Å². The molecule has 0 saturated heterocycles. The van der Waals surface area contributed by atoms with Crippen LogP contribution in [0.1, 0.15) is 133 Å². The van der Waals surface area contributed by atoms with Crippen LogP contribution in [0.15, 0.2) is 49.1 Å². The molecule has 0 heterocycles. The summed E-state index contributed by atoms with van der Waals surface area (Å²) in [6.45, 7) is 6.22. The van der Waals surface area contributed by atoms with Gasteiger partial charge >= 0.3 is 0 Å². The fraction of sp³-hybridized carbons (Fsp3) is 0.697. The highest BCUT2D eigenvalue weighted by molar-refractivity contribution is 5.31. The lowest BCUT2D eigenvalue weighted by Crippen LogP contribution is -2.23. The molecule has 0 radical (unpaired) electrons. The SMILES string of the molecule is C=CCCC1CCC(C2C=CC(c3ccc(C4CCC(CCCCC)CC4)cc3)CC2)CC1. The third kappa shape index (κ3) is 7.10. The van der Waals surface area contributed by atoms with Crippen molar-refractivity contribution in [3.05, 3.63) is 60.2 Å². The predicted octanol–water partition coefficient (Wildman–Crippen LogP) is 10.4. The highest BCUT2D eigenvalue weighted by Gasteiger charge is 2.28. The summed E-state index contributed by atoms with van der Waals surface area (Å²) in [4.78, 5) is 0. The molecule has 2 saturated carbocycles. The van der Waals surface area contributed by atoms with Crippen LogP contribution in [0.3, 0.4) is 0 Å². The fourth-order valence-corrected chi connectivity index (χ4v) is 7.25. The van der Waals surface area contributed by atoms with Crippen molar-refractivity contribution in [3.8, 4) is 0 Å². The molecule has 0 nitrogen and oxygen atoms in total. The number of allylic oxidation sites excluding steroid dienone is 3. The van der Waals surface area contributed by atoms with E-state index in [9.17, 15) is 0 Å². The summed E-state index contributed by atoms with van der Waals surface area (Å²) in [6, 6.07) is 9.87. The summed E-state index contributed by atoms with van der Waals surface area (Å²) in [5.41, 5.74) is 3.16. The summed E-state index contributed by atoms with van der Waals surface area (Å²) in [6.07, 6.45) is 29.9. The van der Waals surface area contributed by atoms with Gasteiger partial charge in [0.1, 0.15) is 0 Å². The molecule has 0 bridgehead atoms. The summed E-state index contributed by atoms with van der Waals surface area (Å²) in [5, 5.41) is 0. The van der Waals surface area contributed by atoms with E-state index in [2.05, 4.69) is 56.0 Å². The number of benzene rings is 1. The lowest BCUT2D eigenvalue weighted by Gasteiger charge is -2.35. The number of rotatable bonds is 10. The van der Waals surface area contributed by atoms with Crippen LogP contribution in [-0.4, -0.2) is 0 Å². The molecule has 182 valence electrons. The van der Waals surface area contributed by atoms with E-state index < -0.39 is 0 Å². The smallest absolute Gasteiger partial charge is 0.00182 e. The fourth-order valence-electron chi connectivity index (χ4n) is 7.25. The molecule has 0 heteroatoms. The largest absolute Gasteiger partial charge is 0.103 e. The van der Waals surface area contributed by atoms with Crippen LogP contribution >= 0.6 is 0 Å².